The number of nitrogens with one attached hydrogen (secondary N) is 1. The number of hydrogen-bond donors (Lipinski definition) is 1. The first-order valence-corrected chi connectivity index (χ1v) is 8.89. The molecular formula is C22H14ClFN2O2. The Hall–Kier alpha value is -3.44. The summed E-state index contributed by atoms with van der Waals surface area (Å²) in [6, 6.07) is 21.1. The van der Waals surface area contributed by atoms with Crippen LogP contribution in [0.3, 0.4) is 0 Å². The van der Waals surface area contributed by atoms with Crippen LogP contribution in [0.4, 0.5) is 15.8 Å². The number of hydrogen-bond acceptors (Lipinski definition) is 3. The van der Waals surface area contributed by atoms with E-state index in [4.69, 9.17) is 11.6 Å². The molecule has 1 aliphatic rings. The van der Waals surface area contributed by atoms with E-state index in [1.165, 1.54) is 18.2 Å². The summed E-state index contributed by atoms with van der Waals surface area (Å²) < 4.78 is 13.6. The van der Waals surface area contributed by atoms with E-state index in [2.05, 4.69) is 5.32 Å². The summed E-state index contributed by atoms with van der Waals surface area (Å²) in [5.74, 6) is -1.46. The van der Waals surface area contributed by atoms with Crippen molar-refractivity contribution in [2.24, 2.45) is 0 Å². The van der Waals surface area contributed by atoms with E-state index in [0.29, 0.717) is 22.0 Å². The minimum Gasteiger partial charge on any atom is -0.350 e. The van der Waals surface area contributed by atoms with Crippen LogP contribution in [0.1, 0.15) is 5.56 Å². The van der Waals surface area contributed by atoms with Crippen molar-refractivity contribution in [3.05, 3.63) is 101 Å². The first-order valence-electron chi connectivity index (χ1n) is 8.51. The summed E-state index contributed by atoms with van der Waals surface area (Å²) in [4.78, 5) is 27.4. The number of amides is 2. The molecule has 138 valence electrons. The molecule has 1 heterocycles. The summed E-state index contributed by atoms with van der Waals surface area (Å²) in [7, 11) is 0. The Morgan fingerprint density at radius 1 is 0.821 bits per heavy atom. The fraction of sp³-hybridized carbons (Fsp3) is 0. The Balaban J connectivity index is 1.83. The van der Waals surface area contributed by atoms with E-state index in [1.54, 1.807) is 54.6 Å². The number of rotatable bonds is 4. The van der Waals surface area contributed by atoms with Gasteiger partial charge in [0.25, 0.3) is 11.8 Å². The van der Waals surface area contributed by atoms with E-state index in [1.807, 2.05) is 6.07 Å². The number of carbonyl (C=O) groups excluding carboxylic acids is 2. The molecule has 0 saturated heterocycles. The van der Waals surface area contributed by atoms with Gasteiger partial charge in [0.2, 0.25) is 0 Å². The van der Waals surface area contributed by atoms with Crippen molar-refractivity contribution in [3.8, 4) is 0 Å². The largest absolute Gasteiger partial charge is 0.350 e. The van der Waals surface area contributed by atoms with Gasteiger partial charge in [-0.15, -0.1) is 0 Å². The third kappa shape index (κ3) is 3.28. The zero-order valence-electron chi connectivity index (χ0n) is 14.5. The zero-order valence-corrected chi connectivity index (χ0v) is 15.3. The molecule has 3 aromatic carbocycles. The number of imide groups is 1. The molecule has 0 unspecified atom stereocenters. The van der Waals surface area contributed by atoms with E-state index in [0.717, 1.165) is 4.90 Å². The van der Waals surface area contributed by atoms with Crippen molar-refractivity contribution in [1.82, 2.24) is 0 Å². The van der Waals surface area contributed by atoms with Crippen molar-refractivity contribution >= 4 is 40.4 Å². The first-order chi connectivity index (χ1) is 13.5. The summed E-state index contributed by atoms with van der Waals surface area (Å²) in [5.41, 5.74) is 1.63. The predicted octanol–water partition coefficient (Wildman–Crippen LogP) is 4.88. The van der Waals surface area contributed by atoms with Gasteiger partial charge in [-0.05, 0) is 42.0 Å². The molecule has 0 aromatic heterocycles. The molecule has 6 heteroatoms. The fourth-order valence-corrected chi connectivity index (χ4v) is 3.26. The summed E-state index contributed by atoms with van der Waals surface area (Å²) in [5, 5.41) is 3.33. The van der Waals surface area contributed by atoms with Gasteiger partial charge in [0, 0.05) is 10.7 Å². The summed E-state index contributed by atoms with van der Waals surface area (Å²) in [6.45, 7) is 0. The SMILES string of the molecule is O=C1C(Nc2cccc(F)c2)=C(c2ccccc2)C(=O)N1c1cccc(Cl)c1. The Bertz CT molecular complexity index is 1110. The highest BCUT2D eigenvalue weighted by molar-refractivity contribution is 6.46. The maximum absolute atomic E-state index is 13.6. The lowest BCUT2D eigenvalue weighted by atomic mass is 10.0. The highest BCUT2D eigenvalue weighted by atomic mass is 35.5. The number of benzene rings is 3. The average Bonchev–Trinajstić information content (AvgIpc) is 2.92. The number of carbonyl (C=O) groups is 2. The molecule has 0 atom stereocenters. The molecule has 0 aliphatic carbocycles. The second kappa shape index (κ2) is 7.29. The van der Waals surface area contributed by atoms with Crippen LogP contribution in [0.15, 0.2) is 84.6 Å². The van der Waals surface area contributed by atoms with Gasteiger partial charge in [-0.3, -0.25) is 9.59 Å². The van der Waals surface area contributed by atoms with Crippen molar-refractivity contribution in [2.75, 3.05) is 10.2 Å². The normalized spacial score (nSPS) is 14.0. The molecule has 0 radical (unpaired) electrons. The predicted molar refractivity (Wildman–Crippen MR) is 107 cm³/mol. The van der Waals surface area contributed by atoms with Crippen LogP contribution in [0.5, 0.6) is 0 Å². The third-order valence-electron chi connectivity index (χ3n) is 4.31. The number of anilines is 2. The van der Waals surface area contributed by atoms with Crippen LogP contribution < -0.4 is 10.2 Å². The molecular weight excluding hydrogens is 379 g/mol. The Morgan fingerprint density at radius 2 is 1.57 bits per heavy atom. The van der Waals surface area contributed by atoms with Crippen LogP contribution in [0.25, 0.3) is 5.57 Å². The highest BCUT2D eigenvalue weighted by Crippen LogP contribution is 2.34. The van der Waals surface area contributed by atoms with Crippen molar-refractivity contribution < 1.29 is 14.0 Å². The lowest BCUT2D eigenvalue weighted by Crippen LogP contribution is -2.32. The van der Waals surface area contributed by atoms with E-state index in [-0.39, 0.29) is 11.3 Å². The van der Waals surface area contributed by atoms with Gasteiger partial charge < -0.3 is 5.32 Å². The quantitative estimate of drug-likeness (QED) is 0.644. The molecule has 28 heavy (non-hydrogen) atoms. The van der Waals surface area contributed by atoms with Crippen molar-refractivity contribution in [2.45, 2.75) is 0 Å². The van der Waals surface area contributed by atoms with Crippen LogP contribution in [0.2, 0.25) is 5.02 Å². The summed E-state index contributed by atoms with van der Waals surface area (Å²) in [6.07, 6.45) is 0. The van der Waals surface area contributed by atoms with Gasteiger partial charge in [0.1, 0.15) is 11.5 Å². The fourth-order valence-electron chi connectivity index (χ4n) is 3.08. The first kappa shape index (κ1) is 17.9. The van der Waals surface area contributed by atoms with Gasteiger partial charge in [-0.2, -0.15) is 0 Å². The molecule has 4 nitrogen and oxygen atoms in total. The molecule has 1 N–H and O–H groups in total. The average molecular weight is 393 g/mol. The Labute approximate surface area is 165 Å². The summed E-state index contributed by atoms with van der Waals surface area (Å²) >= 11 is 6.04. The minimum atomic E-state index is -0.532. The molecule has 0 spiro atoms. The monoisotopic (exact) mass is 392 g/mol. The topological polar surface area (TPSA) is 49.4 Å². The Morgan fingerprint density at radius 3 is 2.29 bits per heavy atom. The van der Waals surface area contributed by atoms with Crippen LogP contribution in [-0.4, -0.2) is 11.8 Å². The van der Waals surface area contributed by atoms with Gasteiger partial charge >= 0.3 is 0 Å². The Kier molecular flexibility index (Phi) is 4.67. The molecule has 4 rings (SSSR count). The van der Waals surface area contributed by atoms with E-state index >= 15 is 0 Å². The standard InChI is InChI=1S/C22H14ClFN2O2/c23-15-8-4-11-18(12-15)26-21(27)19(14-6-2-1-3-7-14)20(22(26)28)25-17-10-5-9-16(24)13-17/h1-13,25H. The van der Waals surface area contributed by atoms with Gasteiger partial charge in [0.05, 0.1) is 11.3 Å². The molecule has 0 bridgehead atoms. The number of halogens is 2. The van der Waals surface area contributed by atoms with Crippen molar-refractivity contribution in [1.29, 1.82) is 0 Å². The van der Waals surface area contributed by atoms with Gasteiger partial charge in [0.15, 0.2) is 0 Å². The van der Waals surface area contributed by atoms with Crippen LogP contribution >= 0.6 is 11.6 Å². The minimum absolute atomic E-state index is 0.0850. The van der Waals surface area contributed by atoms with Crippen LogP contribution in [-0.2, 0) is 9.59 Å². The van der Waals surface area contributed by atoms with E-state index < -0.39 is 17.6 Å². The number of nitrogens with zero attached hydrogens (tertiary/aromatic N) is 1. The van der Waals surface area contributed by atoms with Crippen LogP contribution in [0, 0.1) is 5.82 Å². The second-order valence-corrected chi connectivity index (χ2v) is 6.61. The molecule has 3 aromatic rings. The maximum atomic E-state index is 13.6. The zero-order chi connectivity index (χ0) is 19.7. The van der Waals surface area contributed by atoms with Crippen molar-refractivity contribution in [3.63, 3.8) is 0 Å². The molecule has 2 amide bonds. The molecule has 0 fully saturated rings. The maximum Gasteiger partial charge on any atom is 0.282 e. The lowest BCUT2D eigenvalue weighted by Gasteiger charge is -2.15. The molecule has 0 saturated carbocycles. The second-order valence-electron chi connectivity index (χ2n) is 6.18. The highest BCUT2D eigenvalue weighted by Gasteiger charge is 2.40. The smallest absolute Gasteiger partial charge is 0.282 e. The lowest BCUT2D eigenvalue weighted by molar-refractivity contribution is -0.120. The third-order valence-corrected chi connectivity index (χ3v) is 4.54. The molecule has 1 aliphatic heterocycles. The van der Waals surface area contributed by atoms with E-state index in [9.17, 15) is 14.0 Å². The van der Waals surface area contributed by atoms with Gasteiger partial charge in [-0.25, -0.2) is 9.29 Å². The van der Waals surface area contributed by atoms with Gasteiger partial charge in [-0.1, -0.05) is 54.1 Å².